The molecule has 0 amide bonds. The molecule has 1 heterocycles. The second-order valence-corrected chi connectivity index (χ2v) is 6.02. The first-order valence-corrected chi connectivity index (χ1v) is 6.53. The SMILES string of the molecule is Cc1ccc(N2CCNC(C)(C)C2)cc1Br. The molecule has 0 radical (unpaired) electrons. The molecule has 0 saturated carbocycles. The summed E-state index contributed by atoms with van der Waals surface area (Å²) in [6, 6.07) is 6.60. The van der Waals surface area contributed by atoms with Gasteiger partial charge in [-0.25, -0.2) is 0 Å². The summed E-state index contributed by atoms with van der Waals surface area (Å²) < 4.78 is 1.20. The van der Waals surface area contributed by atoms with E-state index in [9.17, 15) is 0 Å². The predicted octanol–water partition coefficient (Wildman–Crippen LogP) is 2.95. The van der Waals surface area contributed by atoms with Gasteiger partial charge in [-0.15, -0.1) is 0 Å². The molecule has 2 nitrogen and oxygen atoms in total. The molecule has 88 valence electrons. The standard InChI is InChI=1S/C13H19BrN2/c1-10-4-5-11(8-12(10)14)16-7-6-15-13(2,3)9-16/h4-5,8,15H,6-7,9H2,1-3H3. The van der Waals surface area contributed by atoms with E-state index in [1.165, 1.54) is 15.7 Å². The number of rotatable bonds is 1. The van der Waals surface area contributed by atoms with E-state index in [1.54, 1.807) is 0 Å². The number of anilines is 1. The zero-order valence-corrected chi connectivity index (χ0v) is 11.8. The van der Waals surface area contributed by atoms with E-state index in [1.807, 2.05) is 0 Å². The zero-order chi connectivity index (χ0) is 11.8. The fourth-order valence-corrected chi connectivity index (χ4v) is 2.51. The summed E-state index contributed by atoms with van der Waals surface area (Å²) in [7, 11) is 0. The third kappa shape index (κ3) is 2.58. The summed E-state index contributed by atoms with van der Waals surface area (Å²) in [5.74, 6) is 0. The normalized spacial score (nSPS) is 19.9. The van der Waals surface area contributed by atoms with E-state index in [0.717, 1.165) is 19.6 Å². The Morgan fingerprint density at radius 1 is 1.38 bits per heavy atom. The maximum atomic E-state index is 3.60. The van der Waals surface area contributed by atoms with Crippen molar-refractivity contribution < 1.29 is 0 Å². The number of hydrogen-bond donors (Lipinski definition) is 1. The molecule has 1 aliphatic heterocycles. The molecule has 1 aromatic carbocycles. The Labute approximate surface area is 106 Å². The lowest BCUT2D eigenvalue weighted by Crippen LogP contribution is -2.57. The highest BCUT2D eigenvalue weighted by atomic mass is 79.9. The minimum absolute atomic E-state index is 0.204. The van der Waals surface area contributed by atoms with Gasteiger partial charge >= 0.3 is 0 Å². The first-order valence-electron chi connectivity index (χ1n) is 5.74. The van der Waals surface area contributed by atoms with Gasteiger partial charge in [-0.3, -0.25) is 0 Å². The second kappa shape index (κ2) is 4.38. The third-order valence-corrected chi connectivity index (χ3v) is 3.95. The molecule has 1 N–H and O–H groups in total. The van der Waals surface area contributed by atoms with Gasteiger partial charge in [0.05, 0.1) is 0 Å². The lowest BCUT2D eigenvalue weighted by Gasteiger charge is -2.40. The van der Waals surface area contributed by atoms with E-state index in [2.05, 4.69) is 65.1 Å². The number of aryl methyl sites for hydroxylation is 1. The van der Waals surface area contributed by atoms with E-state index >= 15 is 0 Å². The van der Waals surface area contributed by atoms with Gasteiger partial charge in [0.1, 0.15) is 0 Å². The number of nitrogens with one attached hydrogen (secondary N) is 1. The van der Waals surface area contributed by atoms with Gasteiger partial charge in [0.2, 0.25) is 0 Å². The zero-order valence-electron chi connectivity index (χ0n) is 10.2. The molecule has 1 aromatic rings. The van der Waals surface area contributed by atoms with E-state index in [-0.39, 0.29) is 5.54 Å². The molecule has 0 aromatic heterocycles. The minimum Gasteiger partial charge on any atom is -0.368 e. The number of halogens is 1. The van der Waals surface area contributed by atoms with Crippen LogP contribution in [0.4, 0.5) is 5.69 Å². The Hall–Kier alpha value is -0.540. The van der Waals surface area contributed by atoms with Crippen LogP contribution in [0.1, 0.15) is 19.4 Å². The average Bonchev–Trinajstić information content (AvgIpc) is 2.20. The lowest BCUT2D eigenvalue weighted by molar-refractivity contribution is 0.353. The first-order chi connectivity index (χ1) is 7.48. The number of piperazine rings is 1. The molecule has 0 spiro atoms. The molecule has 1 fully saturated rings. The van der Waals surface area contributed by atoms with Gasteiger partial charge in [0, 0.05) is 35.3 Å². The third-order valence-electron chi connectivity index (χ3n) is 3.09. The smallest absolute Gasteiger partial charge is 0.0378 e. The van der Waals surface area contributed by atoms with Crippen molar-refractivity contribution in [2.24, 2.45) is 0 Å². The van der Waals surface area contributed by atoms with E-state index in [4.69, 9.17) is 0 Å². The van der Waals surface area contributed by atoms with Crippen molar-refractivity contribution in [1.82, 2.24) is 5.32 Å². The van der Waals surface area contributed by atoms with Crippen molar-refractivity contribution >= 4 is 21.6 Å². The summed E-state index contributed by atoms with van der Waals surface area (Å²) in [6.07, 6.45) is 0. The van der Waals surface area contributed by atoms with Gasteiger partial charge in [-0.2, -0.15) is 0 Å². The molecular formula is C13H19BrN2. The van der Waals surface area contributed by atoms with E-state index < -0.39 is 0 Å². The maximum absolute atomic E-state index is 3.60. The lowest BCUT2D eigenvalue weighted by atomic mass is 10.0. The van der Waals surface area contributed by atoms with Crippen LogP contribution >= 0.6 is 15.9 Å². The fourth-order valence-electron chi connectivity index (χ4n) is 2.14. The van der Waals surface area contributed by atoms with Crippen LogP contribution in [0.25, 0.3) is 0 Å². The van der Waals surface area contributed by atoms with Crippen LogP contribution in [0.15, 0.2) is 22.7 Å². The molecule has 2 rings (SSSR count). The van der Waals surface area contributed by atoms with Gasteiger partial charge in [0.25, 0.3) is 0 Å². The van der Waals surface area contributed by atoms with Crippen molar-refractivity contribution in [1.29, 1.82) is 0 Å². The summed E-state index contributed by atoms with van der Waals surface area (Å²) in [5, 5.41) is 3.53. The van der Waals surface area contributed by atoms with Gasteiger partial charge in [-0.05, 0) is 38.5 Å². The van der Waals surface area contributed by atoms with Crippen molar-refractivity contribution in [2.75, 3.05) is 24.5 Å². The van der Waals surface area contributed by atoms with Crippen LogP contribution in [0.3, 0.4) is 0 Å². The monoisotopic (exact) mass is 282 g/mol. The summed E-state index contributed by atoms with van der Waals surface area (Å²) in [4.78, 5) is 2.45. The number of nitrogens with zero attached hydrogens (tertiary/aromatic N) is 1. The highest BCUT2D eigenvalue weighted by Crippen LogP contribution is 2.25. The average molecular weight is 283 g/mol. The molecule has 0 bridgehead atoms. The highest BCUT2D eigenvalue weighted by molar-refractivity contribution is 9.10. The van der Waals surface area contributed by atoms with Crippen LogP contribution in [0, 0.1) is 6.92 Å². The Morgan fingerprint density at radius 2 is 2.12 bits per heavy atom. The fraction of sp³-hybridized carbons (Fsp3) is 0.538. The van der Waals surface area contributed by atoms with Crippen molar-refractivity contribution in [3.8, 4) is 0 Å². The van der Waals surface area contributed by atoms with Crippen molar-refractivity contribution in [3.63, 3.8) is 0 Å². The molecule has 16 heavy (non-hydrogen) atoms. The molecule has 0 unspecified atom stereocenters. The molecular weight excluding hydrogens is 264 g/mol. The van der Waals surface area contributed by atoms with E-state index in [0.29, 0.717) is 0 Å². The van der Waals surface area contributed by atoms with Gasteiger partial charge in [-0.1, -0.05) is 22.0 Å². The Morgan fingerprint density at radius 3 is 2.75 bits per heavy atom. The minimum atomic E-state index is 0.204. The summed E-state index contributed by atoms with van der Waals surface area (Å²) in [5.41, 5.74) is 2.81. The maximum Gasteiger partial charge on any atom is 0.0378 e. The second-order valence-electron chi connectivity index (χ2n) is 5.17. The quantitative estimate of drug-likeness (QED) is 0.852. The van der Waals surface area contributed by atoms with Crippen LogP contribution in [0.5, 0.6) is 0 Å². The topological polar surface area (TPSA) is 15.3 Å². The van der Waals surface area contributed by atoms with Gasteiger partial charge in [0.15, 0.2) is 0 Å². The Balaban J connectivity index is 2.20. The highest BCUT2D eigenvalue weighted by Gasteiger charge is 2.25. The number of hydrogen-bond acceptors (Lipinski definition) is 2. The van der Waals surface area contributed by atoms with Gasteiger partial charge < -0.3 is 10.2 Å². The van der Waals surface area contributed by atoms with Crippen molar-refractivity contribution in [3.05, 3.63) is 28.2 Å². The first kappa shape index (κ1) is 11.9. The van der Waals surface area contributed by atoms with Crippen LogP contribution < -0.4 is 10.2 Å². The predicted molar refractivity (Wildman–Crippen MR) is 73.2 cm³/mol. The van der Waals surface area contributed by atoms with Crippen LogP contribution in [-0.4, -0.2) is 25.2 Å². The van der Waals surface area contributed by atoms with Crippen LogP contribution in [-0.2, 0) is 0 Å². The Bertz CT molecular complexity index is 388. The summed E-state index contributed by atoms with van der Waals surface area (Å²) >= 11 is 3.60. The molecule has 1 aliphatic rings. The molecule has 0 atom stereocenters. The molecule has 1 saturated heterocycles. The number of benzene rings is 1. The Kier molecular flexibility index (Phi) is 3.27. The van der Waals surface area contributed by atoms with Crippen LogP contribution in [0.2, 0.25) is 0 Å². The molecule has 3 heteroatoms. The van der Waals surface area contributed by atoms with Crippen molar-refractivity contribution in [2.45, 2.75) is 26.3 Å². The summed E-state index contributed by atoms with van der Waals surface area (Å²) in [6.45, 7) is 9.82. The molecule has 0 aliphatic carbocycles. The largest absolute Gasteiger partial charge is 0.368 e.